The molecule has 32 heavy (non-hydrogen) atoms. The number of amides is 1. The number of thioether (sulfide) groups is 1. The zero-order valence-corrected chi connectivity index (χ0v) is 19.8. The van der Waals surface area contributed by atoms with Gasteiger partial charge in [0.15, 0.2) is 5.13 Å². The molecule has 0 saturated heterocycles. The summed E-state index contributed by atoms with van der Waals surface area (Å²) in [5.74, 6) is 1.25. The number of H-pyrrole nitrogens is 1. The Labute approximate surface area is 197 Å². The van der Waals surface area contributed by atoms with Gasteiger partial charge in [-0.3, -0.25) is 9.59 Å². The second-order valence-corrected chi connectivity index (χ2v) is 10.6. The second-order valence-electron chi connectivity index (χ2n) is 7.70. The molecular formula is C23H22N4O2S3. The fraction of sp³-hybridized carbons (Fsp3) is 0.304. The number of nitrogens with one attached hydrogen (secondary N) is 2. The lowest BCUT2D eigenvalue weighted by molar-refractivity contribution is -0.113. The Kier molecular flexibility index (Phi) is 6.38. The molecule has 3 aromatic heterocycles. The quantitative estimate of drug-likeness (QED) is 0.367. The van der Waals surface area contributed by atoms with Crippen molar-refractivity contribution in [1.29, 1.82) is 0 Å². The summed E-state index contributed by atoms with van der Waals surface area (Å²) in [6.07, 6.45) is 5.69. The molecule has 1 aliphatic carbocycles. The van der Waals surface area contributed by atoms with Gasteiger partial charge >= 0.3 is 0 Å². The third kappa shape index (κ3) is 4.65. The molecule has 4 aromatic rings. The topological polar surface area (TPSA) is 87.7 Å². The van der Waals surface area contributed by atoms with Crippen LogP contribution in [0, 0.1) is 0 Å². The standard InChI is InChI=1S/C23H22N4O2S3/c28-19(27-23-24-16-9-5-2-6-10-17(16)32-23)13-30-12-18-25-21(29)20-15(11-31-22(20)26-18)14-7-3-1-4-8-14/h1,3-4,7-8,11H,2,5-6,9-10,12-13H2,(H,24,27,28)(H,25,26,29). The van der Waals surface area contributed by atoms with Crippen LogP contribution < -0.4 is 10.9 Å². The van der Waals surface area contributed by atoms with Crippen LogP contribution in [0.2, 0.25) is 0 Å². The van der Waals surface area contributed by atoms with E-state index in [1.807, 2.05) is 35.7 Å². The van der Waals surface area contributed by atoms with Crippen LogP contribution in [0.3, 0.4) is 0 Å². The molecule has 0 saturated carbocycles. The molecule has 0 atom stereocenters. The number of aromatic amines is 1. The van der Waals surface area contributed by atoms with Gasteiger partial charge in [0.1, 0.15) is 10.7 Å². The van der Waals surface area contributed by atoms with E-state index in [0.717, 1.165) is 34.5 Å². The number of thiazole rings is 1. The van der Waals surface area contributed by atoms with E-state index >= 15 is 0 Å². The molecule has 0 aliphatic heterocycles. The van der Waals surface area contributed by atoms with E-state index in [1.165, 1.54) is 47.2 Å². The lowest BCUT2D eigenvalue weighted by atomic mass is 10.1. The van der Waals surface area contributed by atoms with E-state index in [1.54, 1.807) is 11.3 Å². The summed E-state index contributed by atoms with van der Waals surface area (Å²) in [6.45, 7) is 0. The Morgan fingerprint density at radius 1 is 1.12 bits per heavy atom. The maximum Gasteiger partial charge on any atom is 0.260 e. The number of fused-ring (bicyclic) bond motifs is 2. The number of benzene rings is 1. The Bertz CT molecular complexity index is 1290. The molecule has 2 N–H and O–H groups in total. The number of carbonyl (C=O) groups is 1. The van der Waals surface area contributed by atoms with Crippen LogP contribution in [-0.4, -0.2) is 26.6 Å². The predicted octanol–water partition coefficient (Wildman–Crippen LogP) is 5.25. The minimum Gasteiger partial charge on any atom is -0.309 e. The first-order chi connectivity index (χ1) is 15.7. The van der Waals surface area contributed by atoms with Crippen LogP contribution in [0.5, 0.6) is 0 Å². The van der Waals surface area contributed by atoms with E-state index in [9.17, 15) is 9.59 Å². The number of aromatic nitrogens is 3. The highest BCUT2D eigenvalue weighted by Crippen LogP contribution is 2.31. The van der Waals surface area contributed by atoms with Crippen LogP contribution in [-0.2, 0) is 23.4 Å². The monoisotopic (exact) mass is 482 g/mol. The van der Waals surface area contributed by atoms with Gasteiger partial charge in [0.25, 0.3) is 5.56 Å². The lowest BCUT2D eigenvalue weighted by Crippen LogP contribution is -2.15. The van der Waals surface area contributed by atoms with E-state index in [2.05, 4.69) is 20.3 Å². The minimum atomic E-state index is -0.139. The largest absolute Gasteiger partial charge is 0.309 e. The molecule has 1 aliphatic rings. The van der Waals surface area contributed by atoms with E-state index in [0.29, 0.717) is 22.1 Å². The number of nitrogens with zero attached hydrogens (tertiary/aromatic N) is 2. The van der Waals surface area contributed by atoms with E-state index in [-0.39, 0.29) is 17.2 Å². The van der Waals surface area contributed by atoms with Crippen LogP contribution in [0.25, 0.3) is 21.3 Å². The SMILES string of the molecule is O=C(CSCc1nc2scc(-c3ccccc3)c2c(=O)[nH]1)Nc1nc2c(s1)CCCCC2. The number of hydrogen-bond donors (Lipinski definition) is 2. The maximum atomic E-state index is 12.7. The molecule has 1 aromatic carbocycles. The minimum absolute atomic E-state index is 0.0789. The van der Waals surface area contributed by atoms with Crippen LogP contribution >= 0.6 is 34.4 Å². The first-order valence-corrected chi connectivity index (χ1v) is 13.4. The Morgan fingerprint density at radius 3 is 2.84 bits per heavy atom. The fourth-order valence-corrected chi connectivity index (χ4v) is 6.59. The average molecular weight is 483 g/mol. The molecule has 0 unspecified atom stereocenters. The normalized spacial score (nSPS) is 13.6. The van der Waals surface area contributed by atoms with Crippen LogP contribution in [0.1, 0.15) is 35.7 Å². The van der Waals surface area contributed by atoms with Gasteiger partial charge in [0.05, 0.1) is 22.6 Å². The summed E-state index contributed by atoms with van der Waals surface area (Å²) < 4.78 is 0. The molecular weight excluding hydrogens is 460 g/mol. The van der Waals surface area contributed by atoms with Gasteiger partial charge in [0, 0.05) is 15.8 Å². The van der Waals surface area contributed by atoms with Gasteiger partial charge in [-0.2, -0.15) is 0 Å². The summed E-state index contributed by atoms with van der Waals surface area (Å²) in [5, 5.41) is 6.22. The highest BCUT2D eigenvalue weighted by molar-refractivity contribution is 7.99. The second kappa shape index (κ2) is 9.56. The molecule has 0 spiro atoms. The van der Waals surface area contributed by atoms with Gasteiger partial charge in [-0.25, -0.2) is 9.97 Å². The van der Waals surface area contributed by atoms with Gasteiger partial charge in [0.2, 0.25) is 5.91 Å². The van der Waals surface area contributed by atoms with Crippen molar-refractivity contribution >= 4 is 55.7 Å². The summed E-state index contributed by atoms with van der Waals surface area (Å²) >= 11 is 4.50. The third-order valence-electron chi connectivity index (χ3n) is 5.39. The number of thiophene rings is 1. The number of carbonyl (C=O) groups excluding carboxylic acids is 1. The Balaban J connectivity index is 1.21. The predicted molar refractivity (Wildman–Crippen MR) is 134 cm³/mol. The summed E-state index contributed by atoms with van der Waals surface area (Å²) in [7, 11) is 0. The summed E-state index contributed by atoms with van der Waals surface area (Å²) in [4.78, 5) is 39.2. The lowest BCUT2D eigenvalue weighted by Gasteiger charge is -2.03. The van der Waals surface area contributed by atoms with Crippen molar-refractivity contribution < 1.29 is 4.79 Å². The number of aryl methyl sites for hydroxylation is 2. The first-order valence-electron chi connectivity index (χ1n) is 10.6. The smallest absolute Gasteiger partial charge is 0.260 e. The zero-order valence-electron chi connectivity index (χ0n) is 17.3. The molecule has 9 heteroatoms. The Morgan fingerprint density at radius 2 is 1.97 bits per heavy atom. The van der Waals surface area contributed by atoms with Crippen molar-refractivity contribution in [1.82, 2.24) is 15.0 Å². The average Bonchev–Trinajstić information content (AvgIpc) is 3.32. The van der Waals surface area contributed by atoms with Crippen LogP contribution in [0.4, 0.5) is 5.13 Å². The Hall–Kier alpha value is -2.49. The van der Waals surface area contributed by atoms with E-state index in [4.69, 9.17) is 0 Å². The first kappa shape index (κ1) is 21.4. The summed E-state index contributed by atoms with van der Waals surface area (Å²) in [5.41, 5.74) is 2.92. The highest BCUT2D eigenvalue weighted by Gasteiger charge is 2.16. The van der Waals surface area contributed by atoms with Gasteiger partial charge in [-0.1, -0.05) is 36.8 Å². The van der Waals surface area contributed by atoms with Crippen molar-refractivity contribution in [2.24, 2.45) is 0 Å². The maximum absolute atomic E-state index is 12.7. The third-order valence-corrected chi connectivity index (χ3v) is 8.28. The molecule has 1 amide bonds. The number of hydrogen-bond acceptors (Lipinski definition) is 7. The van der Waals surface area contributed by atoms with Gasteiger partial charge in [-0.05, 0) is 31.2 Å². The van der Waals surface area contributed by atoms with Gasteiger partial charge < -0.3 is 10.3 Å². The van der Waals surface area contributed by atoms with Crippen molar-refractivity contribution in [3.8, 4) is 11.1 Å². The zero-order chi connectivity index (χ0) is 21.9. The number of rotatable bonds is 6. The van der Waals surface area contributed by atoms with Crippen molar-refractivity contribution in [3.63, 3.8) is 0 Å². The molecule has 0 radical (unpaired) electrons. The molecule has 6 nitrogen and oxygen atoms in total. The van der Waals surface area contributed by atoms with Gasteiger partial charge in [-0.15, -0.1) is 34.4 Å². The fourth-order valence-electron chi connectivity index (χ4n) is 3.87. The summed E-state index contributed by atoms with van der Waals surface area (Å²) in [6, 6.07) is 9.85. The molecule has 164 valence electrons. The molecule has 0 bridgehead atoms. The van der Waals surface area contributed by atoms with Crippen LogP contribution in [0.15, 0.2) is 40.5 Å². The van der Waals surface area contributed by atoms with Crippen molar-refractivity contribution in [2.45, 2.75) is 37.9 Å². The van der Waals surface area contributed by atoms with Crippen molar-refractivity contribution in [3.05, 3.63) is 62.5 Å². The molecule has 5 rings (SSSR count). The highest BCUT2D eigenvalue weighted by atomic mass is 32.2. The molecule has 3 heterocycles. The molecule has 0 fully saturated rings. The number of anilines is 1. The van der Waals surface area contributed by atoms with Crippen molar-refractivity contribution in [2.75, 3.05) is 11.1 Å². The van der Waals surface area contributed by atoms with E-state index < -0.39 is 0 Å².